The van der Waals surface area contributed by atoms with Crippen LogP contribution in [0.25, 0.3) is 0 Å². The van der Waals surface area contributed by atoms with Gasteiger partial charge in [0.25, 0.3) is 0 Å². The zero-order valence-electron chi connectivity index (χ0n) is 10.9. The first kappa shape index (κ1) is 17.2. The summed E-state index contributed by atoms with van der Waals surface area (Å²) in [5, 5.41) is 2.82. The molecule has 1 aliphatic rings. The van der Waals surface area contributed by atoms with E-state index in [1.54, 1.807) is 0 Å². The standard InChI is InChI=1S/C12H23N3O2.ClH/c1-8-4-2-3-5-9(8)7-15-12(17)10(13)6-11(14)16;/h8-10H,2-7,13H2,1H3,(H2,14,16)(H,15,17);1H. The van der Waals surface area contributed by atoms with Crippen LogP contribution in [-0.2, 0) is 9.59 Å². The van der Waals surface area contributed by atoms with Gasteiger partial charge >= 0.3 is 0 Å². The van der Waals surface area contributed by atoms with E-state index in [4.69, 9.17) is 11.5 Å². The number of nitrogens with one attached hydrogen (secondary N) is 1. The van der Waals surface area contributed by atoms with E-state index in [1.807, 2.05) is 0 Å². The summed E-state index contributed by atoms with van der Waals surface area (Å²) in [6.45, 7) is 2.88. The third kappa shape index (κ3) is 5.69. The molecule has 1 aliphatic carbocycles. The van der Waals surface area contributed by atoms with Gasteiger partial charge in [-0.25, -0.2) is 0 Å². The van der Waals surface area contributed by atoms with Crippen molar-refractivity contribution in [2.45, 2.75) is 45.1 Å². The minimum absolute atomic E-state index is 0. The lowest BCUT2D eigenvalue weighted by Crippen LogP contribution is -2.45. The SMILES string of the molecule is CC1CCCCC1CNC(=O)C(N)CC(N)=O.Cl. The van der Waals surface area contributed by atoms with Crippen molar-refractivity contribution in [2.24, 2.45) is 23.3 Å². The number of amides is 2. The van der Waals surface area contributed by atoms with E-state index in [0.29, 0.717) is 18.4 Å². The van der Waals surface area contributed by atoms with E-state index >= 15 is 0 Å². The molecule has 0 aromatic carbocycles. The van der Waals surface area contributed by atoms with Gasteiger partial charge in [0.15, 0.2) is 0 Å². The highest BCUT2D eigenvalue weighted by molar-refractivity contribution is 5.87. The first-order valence-corrected chi connectivity index (χ1v) is 6.32. The zero-order valence-corrected chi connectivity index (χ0v) is 11.7. The molecule has 5 N–H and O–H groups in total. The lowest BCUT2D eigenvalue weighted by molar-refractivity contribution is -0.126. The van der Waals surface area contributed by atoms with Gasteiger partial charge in [-0.15, -0.1) is 12.4 Å². The molecule has 0 aromatic heterocycles. The van der Waals surface area contributed by atoms with E-state index in [-0.39, 0.29) is 24.7 Å². The van der Waals surface area contributed by atoms with Gasteiger partial charge < -0.3 is 16.8 Å². The van der Waals surface area contributed by atoms with Gasteiger partial charge in [0, 0.05) is 6.54 Å². The maximum Gasteiger partial charge on any atom is 0.237 e. The van der Waals surface area contributed by atoms with Crippen LogP contribution in [0.4, 0.5) is 0 Å². The van der Waals surface area contributed by atoms with Crippen molar-refractivity contribution < 1.29 is 9.59 Å². The fourth-order valence-electron chi connectivity index (χ4n) is 2.37. The fourth-order valence-corrected chi connectivity index (χ4v) is 2.37. The molecule has 18 heavy (non-hydrogen) atoms. The van der Waals surface area contributed by atoms with E-state index in [1.165, 1.54) is 19.3 Å². The van der Waals surface area contributed by atoms with Crippen LogP contribution in [0.5, 0.6) is 0 Å². The highest BCUT2D eigenvalue weighted by Gasteiger charge is 2.23. The van der Waals surface area contributed by atoms with Crippen LogP contribution in [0.1, 0.15) is 39.0 Å². The van der Waals surface area contributed by atoms with Crippen molar-refractivity contribution in [3.63, 3.8) is 0 Å². The number of carbonyl (C=O) groups is 2. The van der Waals surface area contributed by atoms with Gasteiger partial charge in [0.1, 0.15) is 0 Å². The molecule has 5 nitrogen and oxygen atoms in total. The molecule has 3 unspecified atom stereocenters. The van der Waals surface area contributed by atoms with Crippen molar-refractivity contribution in [1.82, 2.24) is 5.32 Å². The second-order valence-corrected chi connectivity index (χ2v) is 5.04. The Labute approximate surface area is 114 Å². The van der Waals surface area contributed by atoms with Crippen LogP contribution in [0, 0.1) is 11.8 Å². The maximum atomic E-state index is 11.6. The molecule has 0 saturated heterocycles. The molecule has 106 valence electrons. The Kier molecular flexibility index (Phi) is 7.95. The molecule has 0 aromatic rings. The van der Waals surface area contributed by atoms with Crippen LogP contribution in [0.15, 0.2) is 0 Å². The minimum atomic E-state index is -0.814. The molecule has 0 aliphatic heterocycles. The summed E-state index contributed by atoms with van der Waals surface area (Å²) in [6.07, 6.45) is 4.82. The number of halogens is 1. The third-order valence-corrected chi connectivity index (χ3v) is 3.59. The van der Waals surface area contributed by atoms with E-state index in [2.05, 4.69) is 12.2 Å². The minimum Gasteiger partial charge on any atom is -0.370 e. The summed E-state index contributed by atoms with van der Waals surface area (Å²) in [6, 6.07) is -0.814. The van der Waals surface area contributed by atoms with E-state index < -0.39 is 11.9 Å². The molecule has 3 atom stereocenters. The van der Waals surface area contributed by atoms with Gasteiger partial charge in [0.05, 0.1) is 12.5 Å². The third-order valence-electron chi connectivity index (χ3n) is 3.59. The molecule has 0 bridgehead atoms. The van der Waals surface area contributed by atoms with Crippen LogP contribution in [0.3, 0.4) is 0 Å². The van der Waals surface area contributed by atoms with Gasteiger partial charge in [-0.05, 0) is 18.3 Å². The quantitative estimate of drug-likeness (QED) is 0.684. The Balaban J connectivity index is 0.00000289. The Morgan fingerprint density at radius 1 is 1.33 bits per heavy atom. The monoisotopic (exact) mass is 277 g/mol. The Hall–Kier alpha value is -0.810. The molecule has 6 heteroatoms. The first-order valence-electron chi connectivity index (χ1n) is 6.32. The lowest BCUT2D eigenvalue weighted by atomic mass is 9.80. The lowest BCUT2D eigenvalue weighted by Gasteiger charge is -2.29. The van der Waals surface area contributed by atoms with Crippen LogP contribution in [-0.4, -0.2) is 24.4 Å². The van der Waals surface area contributed by atoms with Crippen molar-refractivity contribution in [3.8, 4) is 0 Å². The number of rotatable bonds is 5. The number of nitrogens with two attached hydrogens (primary N) is 2. The summed E-state index contributed by atoms with van der Waals surface area (Å²) < 4.78 is 0. The average Bonchev–Trinajstić information content (AvgIpc) is 2.26. The molecule has 1 rings (SSSR count). The summed E-state index contributed by atoms with van der Waals surface area (Å²) in [5.74, 6) is 0.366. The predicted octanol–water partition coefficient (Wildman–Crippen LogP) is 0.553. The molecule has 2 amide bonds. The molecule has 0 radical (unpaired) electrons. The van der Waals surface area contributed by atoms with Gasteiger partial charge in [-0.2, -0.15) is 0 Å². The highest BCUT2D eigenvalue weighted by Crippen LogP contribution is 2.28. The largest absolute Gasteiger partial charge is 0.370 e. The Bertz CT molecular complexity index is 286. The van der Waals surface area contributed by atoms with Crippen molar-refractivity contribution >= 4 is 24.2 Å². The smallest absolute Gasteiger partial charge is 0.237 e. The molecule has 0 heterocycles. The van der Waals surface area contributed by atoms with Crippen molar-refractivity contribution in [1.29, 1.82) is 0 Å². The fraction of sp³-hybridized carbons (Fsp3) is 0.833. The maximum absolute atomic E-state index is 11.6. The summed E-state index contributed by atoms with van der Waals surface area (Å²) in [4.78, 5) is 22.2. The molecule has 1 saturated carbocycles. The average molecular weight is 278 g/mol. The van der Waals surface area contributed by atoms with Gasteiger partial charge in [-0.1, -0.05) is 26.2 Å². The van der Waals surface area contributed by atoms with Crippen LogP contribution in [0.2, 0.25) is 0 Å². The van der Waals surface area contributed by atoms with Gasteiger partial charge in [0.2, 0.25) is 11.8 Å². The molecule has 1 fully saturated rings. The highest BCUT2D eigenvalue weighted by atomic mass is 35.5. The first-order chi connectivity index (χ1) is 8.00. The number of hydrogen-bond acceptors (Lipinski definition) is 3. The Morgan fingerprint density at radius 2 is 1.94 bits per heavy atom. The van der Waals surface area contributed by atoms with Crippen LogP contribution < -0.4 is 16.8 Å². The second kappa shape index (κ2) is 8.32. The van der Waals surface area contributed by atoms with E-state index in [9.17, 15) is 9.59 Å². The van der Waals surface area contributed by atoms with E-state index in [0.717, 1.165) is 6.42 Å². The molecular formula is C12H24ClN3O2. The van der Waals surface area contributed by atoms with Crippen molar-refractivity contribution in [3.05, 3.63) is 0 Å². The number of hydrogen-bond donors (Lipinski definition) is 3. The molecular weight excluding hydrogens is 254 g/mol. The number of primary amides is 1. The predicted molar refractivity (Wildman–Crippen MR) is 73.2 cm³/mol. The Morgan fingerprint density at radius 3 is 2.50 bits per heavy atom. The normalized spacial score (nSPS) is 24.8. The summed E-state index contributed by atoms with van der Waals surface area (Å²) in [5.41, 5.74) is 10.5. The van der Waals surface area contributed by atoms with Crippen LogP contribution >= 0.6 is 12.4 Å². The number of carbonyl (C=O) groups excluding carboxylic acids is 2. The zero-order chi connectivity index (χ0) is 12.8. The molecule has 0 spiro atoms. The topological polar surface area (TPSA) is 98.2 Å². The van der Waals surface area contributed by atoms with Crippen molar-refractivity contribution in [2.75, 3.05) is 6.54 Å². The summed E-state index contributed by atoms with van der Waals surface area (Å²) in [7, 11) is 0. The van der Waals surface area contributed by atoms with Gasteiger partial charge in [-0.3, -0.25) is 9.59 Å². The summed E-state index contributed by atoms with van der Waals surface area (Å²) >= 11 is 0. The second-order valence-electron chi connectivity index (χ2n) is 5.04.